The Hall–Kier alpha value is -4.04. The Labute approximate surface area is 243 Å². The fourth-order valence-electron chi connectivity index (χ4n) is 6.45. The van der Waals surface area contributed by atoms with Crippen molar-refractivity contribution in [3.8, 4) is 28.3 Å². The number of hydrogen-bond acceptors (Lipinski definition) is 4. The van der Waals surface area contributed by atoms with Gasteiger partial charge in [-0.3, -0.25) is 9.36 Å². The number of nitrogens with zero attached hydrogens (tertiary/aromatic N) is 4. The number of fused-ring (bicyclic) bond motifs is 1. The topological polar surface area (TPSA) is 80.5 Å². The fraction of sp³-hybridized carbons (Fsp3) is 0.382. The highest BCUT2D eigenvalue weighted by Gasteiger charge is 2.32. The number of nitrogens with one attached hydrogen (secondary N) is 2. The fourth-order valence-corrected chi connectivity index (χ4v) is 6.45. The second kappa shape index (κ2) is 9.49. The summed E-state index contributed by atoms with van der Waals surface area (Å²) in [7, 11) is 1.91. The first kappa shape index (κ1) is 25.7. The van der Waals surface area contributed by atoms with Gasteiger partial charge in [-0.2, -0.15) is 0 Å². The van der Waals surface area contributed by atoms with Crippen LogP contribution in [0.2, 0.25) is 0 Å². The predicted molar refractivity (Wildman–Crippen MR) is 162 cm³/mol. The molecule has 8 rings (SSSR count). The zero-order valence-electron chi connectivity index (χ0n) is 24.1. The van der Waals surface area contributed by atoms with E-state index < -0.39 is 0 Å². The van der Waals surface area contributed by atoms with E-state index in [1.165, 1.54) is 37.0 Å². The Balaban J connectivity index is 1.27. The smallest absolute Gasteiger partial charge is 0.280 e. The van der Waals surface area contributed by atoms with Crippen LogP contribution in [-0.4, -0.2) is 29.6 Å². The molecule has 4 heterocycles. The third-order valence-electron chi connectivity index (χ3n) is 9.49. The predicted octanol–water partition coefficient (Wildman–Crippen LogP) is 6.71. The Morgan fingerprint density at radius 2 is 1.88 bits per heavy atom. The SMILES string of the molecule is Cn1ccnc1-c1cc(F)ccc1-c1cc(C2CC2)nc(-n2cc(C3CC3)c3cc(CNC4(C)CCC4)[nH]c3c2=O)c1. The molecule has 2 N–H and O–H groups in total. The molecular weight excluding hydrogens is 527 g/mol. The molecule has 4 aromatic heterocycles. The zero-order chi connectivity index (χ0) is 28.6. The molecule has 0 unspecified atom stereocenters. The second-order valence-corrected chi connectivity index (χ2v) is 12.8. The van der Waals surface area contributed by atoms with Gasteiger partial charge in [0.2, 0.25) is 0 Å². The first-order valence-corrected chi connectivity index (χ1v) is 15.2. The van der Waals surface area contributed by atoms with Gasteiger partial charge < -0.3 is 14.9 Å². The lowest BCUT2D eigenvalue weighted by Gasteiger charge is -2.39. The molecule has 0 saturated heterocycles. The maximum atomic E-state index is 14.5. The van der Waals surface area contributed by atoms with E-state index in [0.717, 1.165) is 60.1 Å². The summed E-state index contributed by atoms with van der Waals surface area (Å²) in [6, 6.07) is 11.1. The second-order valence-electron chi connectivity index (χ2n) is 12.8. The summed E-state index contributed by atoms with van der Waals surface area (Å²) >= 11 is 0. The van der Waals surface area contributed by atoms with Crippen molar-refractivity contribution < 1.29 is 4.39 Å². The summed E-state index contributed by atoms with van der Waals surface area (Å²) in [5, 5.41) is 4.73. The Morgan fingerprint density at radius 1 is 1.07 bits per heavy atom. The quantitative estimate of drug-likeness (QED) is 0.220. The van der Waals surface area contributed by atoms with Crippen LogP contribution in [0.5, 0.6) is 0 Å². The number of imidazole rings is 1. The summed E-state index contributed by atoms with van der Waals surface area (Å²) in [6.45, 7) is 2.99. The average molecular weight is 563 g/mol. The minimum Gasteiger partial charge on any atom is -0.353 e. The van der Waals surface area contributed by atoms with Crippen LogP contribution in [0.15, 0.2) is 59.8 Å². The molecule has 5 aromatic rings. The van der Waals surface area contributed by atoms with E-state index in [2.05, 4.69) is 34.3 Å². The number of benzene rings is 1. The summed E-state index contributed by atoms with van der Waals surface area (Å²) in [5.74, 6) is 1.81. The first-order valence-electron chi connectivity index (χ1n) is 15.2. The van der Waals surface area contributed by atoms with Gasteiger partial charge in [0.25, 0.3) is 5.56 Å². The van der Waals surface area contributed by atoms with Crippen molar-refractivity contribution in [2.75, 3.05) is 0 Å². The van der Waals surface area contributed by atoms with Crippen LogP contribution in [0.4, 0.5) is 4.39 Å². The van der Waals surface area contributed by atoms with Crippen LogP contribution in [-0.2, 0) is 13.6 Å². The molecule has 0 spiro atoms. The van der Waals surface area contributed by atoms with E-state index >= 15 is 0 Å². The molecule has 214 valence electrons. The van der Waals surface area contributed by atoms with E-state index in [4.69, 9.17) is 4.98 Å². The average Bonchev–Trinajstić information content (AvgIpc) is 3.90. The normalized spacial score (nSPS) is 18.0. The van der Waals surface area contributed by atoms with Crippen molar-refractivity contribution in [1.82, 2.24) is 29.4 Å². The summed E-state index contributed by atoms with van der Waals surface area (Å²) in [5.41, 5.74) is 6.45. The van der Waals surface area contributed by atoms with Crippen LogP contribution in [0.25, 0.3) is 39.2 Å². The molecular formula is C34H35FN6O. The van der Waals surface area contributed by atoms with Crippen molar-refractivity contribution >= 4 is 10.9 Å². The van der Waals surface area contributed by atoms with Gasteiger partial charge in [-0.25, -0.2) is 14.4 Å². The molecule has 8 heteroatoms. The van der Waals surface area contributed by atoms with Gasteiger partial charge in [0.1, 0.15) is 23.0 Å². The van der Waals surface area contributed by atoms with E-state index in [0.29, 0.717) is 34.6 Å². The zero-order valence-corrected chi connectivity index (χ0v) is 24.1. The number of pyridine rings is 2. The number of halogens is 1. The molecule has 42 heavy (non-hydrogen) atoms. The van der Waals surface area contributed by atoms with Gasteiger partial charge in [-0.1, -0.05) is 6.07 Å². The minimum absolute atomic E-state index is 0.0923. The molecule has 1 aromatic carbocycles. The third-order valence-corrected chi connectivity index (χ3v) is 9.49. The van der Waals surface area contributed by atoms with Crippen molar-refractivity contribution in [2.24, 2.45) is 7.05 Å². The number of aromatic amines is 1. The van der Waals surface area contributed by atoms with Gasteiger partial charge in [-0.05, 0) is 105 Å². The van der Waals surface area contributed by atoms with Gasteiger partial charge in [0.15, 0.2) is 0 Å². The number of hydrogen-bond donors (Lipinski definition) is 2. The van der Waals surface area contributed by atoms with Crippen molar-refractivity contribution in [3.63, 3.8) is 0 Å². The first-order chi connectivity index (χ1) is 20.3. The Kier molecular flexibility index (Phi) is 5.80. The molecule has 3 aliphatic rings. The van der Waals surface area contributed by atoms with Crippen LogP contribution >= 0.6 is 0 Å². The molecule has 0 bridgehead atoms. The summed E-state index contributed by atoms with van der Waals surface area (Å²) < 4.78 is 18.1. The van der Waals surface area contributed by atoms with Gasteiger partial charge in [-0.15, -0.1) is 0 Å². The van der Waals surface area contributed by atoms with Gasteiger partial charge in [0.05, 0.1) is 0 Å². The third kappa shape index (κ3) is 4.49. The Bertz CT molecular complexity index is 1900. The molecule has 3 fully saturated rings. The highest BCUT2D eigenvalue weighted by molar-refractivity contribution is 5.85. The van der Waals surface area contributed by atoms with Crippen LogP contribution in [0.3, 0.4) is 0 Å². The van der Waals surface area contributed by atoms with Crippen LogP contribution < -0.4 is 10.9 Å². The van der Waals surface area contributed by atoms with Crippen LogP contribution in [0.1, 0.15) is 80.7 Å². The number of aromatic nitrogens is 5. The number of rotatable bonds is 8. The largest absolute Gasteiger partial charge is 0.353 e. The lowest BCUT2D eigenvalue weighted by atomic mass is 9.78. The van der Waals surface area contributed by atoms with Crippen LogP contribution in [0, 0.1) is 5.82 Å². The van der Waals surface area contributed by atoms with Crippen molar-refractivity contribution in [3.05, 3.63) is 88.1 Å². The lowest BCUT2D eigenvalue weighted by Crippen LogP contribution is -2.47. The number of H-pyrrole nitrogens is 1. The van der Waals surface area contributed by atoms with Gasteiger partial charge >= 0.3 is 0 Å². The van der Waals surface area contributed by atoms with Crippen molar-refractivity contribution in [2.45, 2.75) is 75.8 Å². The number of aryl methyl sites for hydroxylation is 1. The molecule has 0 atom stereocenters. The Morgan fingerprint density at radius 3 is 2.57 bits per heavy atom. The standard InChI is InChI=1S/C34H35FN6O/c1-34(10-3-11-34)37-18-24-17-26-28(20-4-5-20)19-41(33(42)31(26)38-24)30-15-22(14-29(39-30)21-6-7-21)25-9-8-23(35)16-27(25)32-36-12-13-40(32)2/h8-9,12-17,19-21,37-38H,3-7,10-11,18H2,1-2H3. The summed E-state index contributed by atoms with van der Waals surface area (Å²) in [4.78, 5) is 27.1. The maximum Gasteiger partial charge on any atom is 0.280 e. The minimum atomic E-state index is -0.312. The molecule has 0 radical (unpaired) electrons. The monoisotopic (exact) mass is 562 g/mol. The molecule has 7 nitrogen and oxygen atoms in total. The maximum absolute atomic E-state index is 14.5. The molecule has 0 amide bonds. The van der Waals surface area contributed by atoms with E-state index in [1.54, 1.807) is 10.8 Å². The molecule has 3 saturated carbocycles. The highest BCUT2D eigenvalue weighted by atomic mass is 19.1. The summed E-state index contributed by atoms with van der Waals surface area (Å²) in [6.07, 6.45) is 13.7. The van der Waals surface area contributed by atoms with E-state index in [1.807, 2.05) is 36.1 Å². The van der Waals surface area contributed by atoms with E-state index in [-0.39, 0.29) is 16.9 Å². The molecule has 3 aliphatic carbocycles. The molecule has 0 aliphatic heterocycles. The highest BCUT2D eigenvalue weighted by Crippen LogP contribution is 2.44. The lowest BCUT2D eigenvalue weighted by molar-refractivity contribution is 0.206. The van der Waals surface area contributed by atoms with E-state index in [9.17, 15) is 9.18 Å². The van der Waals surface area contributed by atoms with Crippen molar-refractivity contribution in [1.29, 1.82) is 0 Å². The van der Waals surface area contributed by atoms with Gasteiger partial charge in [0, 0.05) is 66.0 Å².